The quantitative estimate of drug-likeness (QED) is 0.613. The van der Waals surface area contributed by atoms with Crippen LogP contribution in [0.5, 0.6) is 0 Å². The molecule has 0 saturated heterocycles. The summed E-state index contributed by atoms with van der Waals surface area (Å²) < 4.78 is 56.7. The molecule has 0 N–H and O–H groups in total. The van der Waals surface area contributed by atoms with Gasteiger partial charge >= 0.3 is 10.2 Å². The lowest BCUT2D eigenvalue weighted by Gasteiger charge is -2.36. The van der Waals surface area contributed by atoms with E-state index in [2.05, 4.69) is 0 Å². The summed E-state index contributed by atoms with van der Waals surface area (Å²) in [6.07, 6.45) is -0.576. The number of halogens is 5. The molecule has 0 fully saturated rings. The fourth-order valence-corrected chi connectivity index (χ4v) is 0.743. The second kappa shape index (κ2) is 1.88. The molecule has 0 spiro atoms. The highest BCUT2D eigenvalue weighted by molar-refractivity contribution is 8.48. The standard InChI is InChI=1S/C4H4F5NS/c5-11(6,7,8,9)4-2-1-3-10/h2,4H,1H2/b4-2+. The Kier molecular flexibility index (Phi) is 1.75. The second-order valence-corrected chi connectivity index (χ2v) is 4.09. The average Bonchev–Trinajstić information content (AvgIpc) is 1.59. The summed E-state index contributed by atoms with van der Waals surface area (Å²) in [4.78, 5) is 0. The molecule has 0 heterocycles. The molecule has 1 nitrogen and oxygen atoms in total. The van der Waals surface area contributed by atoms with Crippen molar-refractivity contribution in [2.45, 2.75) is 6.42 Å². The molecule has 11 heavy (non-hydrogen) atoms. The maximum atomic E-state index is 11.3. The summed E-state index contributed by atoms with van der Waals surface area (Å²) in [7, 11) is -9.41. The zero-order valence-electron chi connectivity index (χ0n) is 5.11. The van der Waals surface area contributed by atoms with Gasteiger partial charge in [-0.15, -0.1) is 0 Å². The van der Waals surface area contributed by atoms with E-state index in [9.17, 15) is 19.4 Å². The minimum Gasteiger partial charge on any atom is -0.198 e. The first kappa shape index (κ1) is 10.2. The van der Waals surface area contributed by atoms with E-state index < -0.39 is 22.1 Å². The summed E-state index contributed by atoms with van der Waals surface area (Å²) >= 11 is 0. The third-order valence-corrected chi connectivity index (χ3v) is 1.27. The summed E-state index contributed by atoms with van der Waals surface area (Å²) in [6.45, 7) is 0. The Morgan fingerprint density at radius 2 is 1.64 bits per heavy atom. The smallest absolute Gasteiger partial charge is 0.198 e. The van der Waals surface area contributed by atoms with E-state index in [4.69, 9.17) is 5.26 Å². The predicted molar refractivity (Wildman–Crippen MR) is 32.5 cm³/mol. The van der Waals surface area contributed by atoms with E-state index in [1.807, 2.05) is 0 Å². The maximum absolute atomic E-state index is 11.3. The molecule has 0 rings (SSSR count). The molecular weight excluding hydrogens is 189 g/mol. The van der Waals surface area contributed by atoms with E-state index >= 15 is 0 Å². The molecule has 0 radical (unpaired) electrons. The van der Waals surface area contributed by atoms with Crippen molar-refractivity contribution in [2.24, 2.45) is 0 Å². The normalized spacial score (nSPS) is 18.9. The lowest BCUT2D eigenvalue weighted by molar-refractivity contribution is 0.384. The van der Waals surface area contributed by atoms with Crippen LogP contribution in [0.3, 0.4) is 0 Å². The zero-order chi connectivity index (χ0) is 9.24. The van der Waals surface area contributed by atoms with E-state index in [1.54, 1.807) is 0 Å². The van der Waals surface area contributed by atoms with Gasteiger partial charge in [0.15, 0.2) is 0 Å². The van der Waals surface area contributed by atoms with Crippen LogP contribution in [0.1, 0.15) is 6.42 Å². The van der Waals surface area contributed by atoms with Gasteiger partial charge in [-0.2, -0.15) is 5.26 Å². The van der Waals surface area contributed by atoms with Gasteiger partial charge in [-0.3, -0.25) is 0 Å². The molecule has 66 valence electrons. The van der Waals surface area contributed by atoms with Crippen molar-refractivity contribution in [3.8, 4) is 6.07 Å². The fourth-order valence-electron chi connectivity index (χ4n) is 0.283. The zero-order valence-corrected chi connectivity index (χ0v) is 5.92. The van der Waals surface area contributed by atoms with E-state index in [-0.39, 0.29) is 6.08 Å². The van der Waals surface area contributed by atoms with Crippen molar-refractivity contribution < 1.29 is 19.4 Å². The third kappa shape index (κ3) is 9.23. The van der Waals surface area contributed by atoms with Gasteiger partial charge in [-0.05, 0) is 0 Å². The van der Waals surface area contributed by atoms with Crippen LogP contribution in [0.4, 0.5) is 19.4 Å². The van der Waals surface area contributed by atoms with Gasteiger partial charge < -0.3 is 0 Å². The van der Waals surface area contributed by atoms with E-state index in [1.165, 1.54) is 6.07 Å². The van der Waals surface area contributed by atoms with Crippen molar-refractivity contribution in [2.75, 3.05) is 0 Å². The Hall–Kier alpha value is -0.770. The lowest BCUT2D eigenvalue weighted by atomic mass is 10.5. The highest BCUT2D eigenvalue weighted by atomic mass is 32.5. The first-order valence-corrected chi connectivity index (χ1v) is 4.34. The van der Waals surface area contributed by atoms with Gasteiger partial charge in [0.05, 0.1) is 17.9 Å². The van der Waals surface area contributed by atoms with Crippen molar-refractivity contribution >= 4 is 10.2 Å². The van der Waals surface area contributed by atoms with Crippen LogP contribution in [0.15, 0.2) is 11.5 Å². The van der Waals surface area contributed by atoms with Crippen LogP contribution < -0.4 is 0 Å². The van der Waals surface area contributed by atoms with Gasteiger partial charge in [-0.25, -0.2) is 0 Å². The minimum absolute atomic E-state index is 0.0988. The molecule has 7 heteroatoms. The Bertz CT molecular complexity index is 217. The van der Waals surface area contributed by atoms with Crippen molar-refractivity contribution in [3.05, 3.63) is 11.5 Å². The molecule has 0 amide bonds. The number of hydrogen-bond acceptors (Lipinski definition) is 1. The molecule has 0 aromatic rings. The topological polar surface area (TPSA) is 23.8 Å². The van der Waals surface area contributed by atoms with Gasteiger partial charge in [-0.1, -0.05) is 25.5 Å². The SMILES string of the molecule is N#CC/C=C/S(F)(F)(F)(F)F. The predicted octanol–water partition coefficient (Wildman–Crippen LogP) is 3.71. The monoisotopic (exact) mass is 193 g/mol. The Balaban J connectivity index is 4.53. The molecular formula is C4H4F5NS. The molecule has 0 aliphatic heterocycles. The van der Waals surface area contributed by atoms with Crippen molar-refractivity contribution in [1.82, 2.24) is 0 Å². The van der Waals surface area contributed by atoms with Gasteiger partial charge in [0, 0.05) is 0 Å². The largest absolute Gasteiger partial charge is 0.304 e. The molecule has 0 aliphatic rings. The van der Waals surface area contributed by atoms with Crippen LogP contribution in [-0.2, 0) is 0 Å². The molecule has 0 bridgehead atoms. The van der Waals surface area contributed by atoms with Crippen LogP contribution in [0.25, 0.3) is 0 Å². The molecule has 0 aliphatic carbocycles. The van der Waals surface area contributed by atoms with Crippen LogP contribution in [-0.4, -0.2) is 0 Å². The maximum Gasteiger partial charge on any atom is 0.304 e. The summed E-state index contributed by atoms with van der Waals surface area (Å²) in [6, 6.07) is 1.27. The number of allylic oxidation sites excluding steroid dienone is 1. The van der Waals surface area contributed by atoms with Crippen LogP contribution in [0.2, 0.25) is 0 Å². The molecule has 0 unspecified atom stereocenters. The molecule has 0 saturated carbocycles. The third-order valence-electron chi connectivity index (χ3n) is 0.563. The van der Waals surface area contributed by atoms with Crippen LogP contribution in [0, 0.1) is 11.3 Å². The van der Waals surface area contributed by atoms with Gasteiger partial charge in [0.1, 0.15) is 0 Å². The Labute approximate surface area is 59.8 Å². The van der Waals surface area contributed by atoms with Crippen LogP contribution >= 0.6 is 10.2 Å². The fraction of sp³-hybridized carbons (Fsp3) is 0.250. The molecule has 0 atom stereocenters. The number of nitriles is 1. The van der Waals surface area contributed by atoms with E-state index in [0.717, 1.165) is 0 Å². The number of rotatable bonds is 2. The second-order valence-electron chi connectivity index (χ2n) is 1.76. The van der Waals surface area contributed by atoms with Crippen molar-refractivity contribution in [3.63, 3.8) is 0 Å². The lowest BCUT2D eigenvalue weighted by Crippen LogP contribution is -1.98. The van der Waals surface area contributed by atoms with Crippen molar-refractivity contribution in [1.29, 1.82) is 5.26 Å². The first-order valence-electron chi connectivity index (χ1n) is 2.33. The highest BCUT2D eigenvalue weighted by Gasteiger charge is 2.60. The summed E-state index contributed by atoms with van der Waals surface area (Å²) in [5, 5.41) is 6.61. The Morgan fingerprint density at radius 1 is 1.18 bits per heavy atom. The minimum atomic E-state index is -9.41. The summed E-state index contributed by atoms with van der Waals surface area (Å²) in [5.74, 6) is 0. The first-order chi connectivity index (χ1) is 4.54. The van der Waals surface area contributed by atoms with Gasteiger partial charge in [0.2, 0.25) is 0 Å². The highest BCUT2D eigenvalue weighted by Crippen LogP contribution is 2.98. The summed E-state index contributed by atoms with van der Waals surface area (Å²) in [5.41, 5.74) is 0. The molecule has 0 aromatic heterocycles. The van der Waals surface area contributed by atoms with Gasteiger partial charge in [0.25, 0.3) is 0 Å². The number of hydrogen-bond donors (Lipinski definition) is 0. The molecule has 0 aromatic carbocycles. The average molecular weight is 193 g/mol. The van der Waals surface area contributed by atoms with E-state index in [0.29, 0.717) is 0 Å². The Morgan fingerprint density at radius 3 is 1.91 bits per heavy atom. The number of nitrogens with zero attached hydrogens (tertiary/aromatic N) is 1.